The molecule has 0 spiro atoms. The predicted molar refractivity (Wildman–Crippen MR) is 149 cm³/mol. The number of amides is 2. The molecule has 2 amide bonds. The topological polar surface area (TPSA) is 86.8 Å². The van der Waals surface area contributed by atoms with Crippen LogP contribution in [0.5, 0.6) is 0 Å². The van der Waals surface area contributed by atoms with E-state index in [2.05, 4.69) is 5.32 Å². The highest BCUT2D eigenvalue weighted by Gasteiger charge is 2.33. The van der Waals surface area contributed by atoms with Gasteiger partial charge >= 0.3 is 0 Å². The van der Waals surface area contributed by atoms with Crippen LogP contribution in [-0.2, 0) is 26.2 Å². The van der Waals surface area contributed by atoms with Crippen LogP contribution in [0.1, 0.15) is 62.1 Å². The summed E-state index contributed by atoms with van der Waals surface area (Å²) in [6, 6.07) is 12.0. The van der Waals surface area contributed by atoms with Crippen LogP contribution >= 0.6 is 11.6 Å². The van der Waals surface area contributed by atoms with Gasteiger partial charge in [-0.15, -0.1) is 0 Å². The minimum Gasteiger partial charge on any atom is -0.352 e. The fourth-order valence-electron chi connectivity index (χ4n) is 4.79. The van der Waals surface area contributed by atoms with Gasteiger partial charge in [0.15, 0.2) is 0 Å². The summed E-state index contributed by atoms with van der Waals surface area (Å²) in [6.45, 7) is 5.42. The van der Waals surface area contributed by atoms with Crippen molar-refractivity contribution in [2.24, 2.45) is 0 Å². The lowest BCUT2D eigenvalue weighted by Gasteiger charge is -2.34. The molecule has 1 saturated carbocycles. The van der Waals surface area contributed by atoms with E-state index < -0.39 is 28.5 Å². The number of halogens is 1. The summed E-state index contributed by atoms with van der Waals surface area (Å²) in [5, 5.41) is 3.56. The van der Waals surface area contributed by atoms with E-state index in [9.17, 15) is 18.0 Å². The maximum atomic E-state index is 13.8. The smallest absolute Gasteiger partial charge is 0.244 e. The van der Waals surface area contributed by atoms with Gasteiger partial charge in [0.2, 0.25) is 21.8 Å². The van der Waals surface area contributed by atoms with Crippen molar-refractivity contribution in [3.05, 3.63) is 64.2 Å². The second-order valence-electron chi connectivity index (χ2n) is 9.92. The molecule has 7 nitrogen and oxygen atoms in total. The van der Waals surface area contributed by atoms with Gasteiger partial charge in [0.1, 0.15) is 12.6 Å². The number of nitrogens with one attached hydrogen (secondary N) is 1. The van der Waals surface area contributed by atoms with Gasteiger partial charge in [-0.05, 0) is 61.9 Å². The molecule has 0 heterocycles. The highest BCUT2D eigenvalue weighted by atomic mass is 35.5. The van der Waals surface area contributed by atoms with Crippen molar-refractivity contribution in [1.82, 2.24) is 10.2 Å². The quantitative estimate of drug-likeness (QED) is 0.454. The third-order valence-corrected chi connectivity index (χ3v) is 8.61. The lowest BCUT2D eigenvalue weighted by atomic mass is 9.95. The van der Waals surface area contributed by atoms with Gasteiger partial charge in [-0.3, -0.25) is 13.9 Å². The minimum absolute atomic E-state index is 0.105. The van der Waals surface area contributed by atoms with Crippen LogP contribution in [0.4, 0.5) is 5.69 Å². The number of nitrogens with zero attached hydrogens (tertiary/aromatic N) is 2. The molecular weight excluding hydrogens is 510 g/mol. The summed E-state index contributed by atoms with van der Waals surface area (Å²) in [5.74, 6) is -0.642. The first kappa shape index (κ1) is 29.0. The van der Waals surface area contributed by atoms with Crippen LogP contribution in [-0.4, -0.2) is 50.0 Å². The highest BCUT2D eigenvalue weighted by molar-refractivity contribution is 7.92. The Balaban J connectivity index is 1.93. The van der Waals surface area contributed by atoms with Crippen LogP contribution in [0.3, 0.4) is 0 Å². The number of benzene rings is 2. The largest absolute Gasteiger partial charge is 0.352 e. The van der Waals surface area contributed by atoms with Crippen molar-refractivity contribution in [2.45, 2.75) is 77.9 Å². The monoisotopic (exact) mass is 547 g/mol. The summed E-state index contributed by atoms with van der Waals surface area (Å²) >= 11 is 6.27. The Morgan fingerprint density at radius 1 is 1.05 bits per heavy atom. The number of carbonyl (C=O) groups excluding carboxylic acids is 2. The molecule has 202 valence electrons. The van der Waals surface area contributed by atoms with Crippen molar-refractivity contribution in [1.29, 1.82) is 0 Å². The van der Waals surface area contributed by atoms with Gasteiger partial charge in [0.25, 0.3) is 0 Å². The summed E-state index contributed by atoms with van der Waals surface area (Å²) in [5.41, 5.74) is 3.01. The Hall–Kier alpha value is -2.58. The van der Waals surface area contributed by atoms with Crippen LogP contribution in [0.2, 0.25) is 5.02 Å². The Labute approximate surface area is 226 Å². The lowest BCUT2D eigenvalue weighted by molar-refractivity contribution is -0.140. The van der Waals surface area contributed by atoms with Gasteiger partial charge in [-0.25, -0.2) is 8.42 Å². The Kier molecular flexibility index (Phi) is 10.0. The second-order valence-corrected chi connectivity index (χ2v) is 12.2. The molecular formula is C28H38ClN3O4S. The fraction of sp³-hybridized carbons (Fsp3) is 0.500. The second kappa shape index (κ2) is 12.8. The van der Waals surface area contributed by atoms with E-state index in [-0.39, 0.29) is 18.5 Å². The van der Waals surface area contributed by atoms with Crippen LogP contribution in [0, 0.1) is 13.8 Å². The van der Waals surface area contributed by atoms with Gasteiger partial charge in [0, 0.05) is 17.6 Å². The first-order valence-electron chi connectivity index (χ1n) is 12.9. The molecule has 2 aromatic carbocycles. The zero-order chi connectivity index (χ0) is 27.2. The number of hydrogen-bond donors (Lipinski definition) is 1. The van der Waals surface area contributed by atoms with Crippen molar-refractivity contribution >= 4 is 39.1 Å². The van der Waals surface area contributed by atoms with Crippen LogP contribution in [0.25, 0.3) is 0 Å². The molecule has 1 N–H and O–H groups in total. The maximum absolute atomic E-state index is 13.8. The van der Waals surface area contributed by atoms with E-state index in [1.165, 1.54) is 11.3 Å². The van der Waals surface area contributed by atoms with Gasteiger partial charge in [-0.1, -0.05) is 68.1 Å². The Bertz CT molecular complexity index is 1210. The summed E-state index contributed by atoms with van der Waals surface area (Å²) < 4.78 is 26.6. The molecule has 0 radical (unpaired) electrons. The van der Waals surface area contributed by atoms with Crippen LogP contribution in [0.15, 0.2) is 42.5 Å². The van der Waals surface area contributed by atoms with Gasteiger partial charge in [0.05, 0.1) is 11.9 Å². The SMILES string of the molecule is CC[C@H](C(=O)NC1CCCCC1)N(Cc1ccccc1C)C(=O)CN(c1ccc(C)c(Cl)c1)S(C)(=O)=O. The third-order valence-electron chi connectivity index (χ3n) is 7.06. The molecule has 0 aliphatic heterocycles. The Morgan fingerprint density at radius 3 is 2.32 bits per heavy atom. The lowest BCUT2D eigenvalue weighted by Crippen LogP contribution is -2.54. The normalized spacial score (nSPS) is 15.2. The highest BCUT2D eigenvalue weighted by Crippen LogP contribution is 2.26. The first-order chi connectivity index (χ1) is 17.5. The van der Waals surface area contributed by atoms with Crippen molar-refractivity contribution in [2.75, 3.05) is 17.1 Å². The number of aryl methyl sites for hydroxylation is 2. The number of sulfonamides is 1. The average Bonchev–Trinajstić information content (AvgIpc) is 2.85. The molecule has 0 aromatic heterocycles. The number of carbonyl (C=O) groups is 2. The molecule has 2 aromatic rings. The molecule has 1 atom stereocenters. The molecule has 0 bridgehead atoms. The number of anilines is 1. The van der Waals surface area contributed by atoms with E-state index in [4.69, 9.17) is 11.6 Å². The summed E-state index contributed by atoms with van der Waals surface area (Å²) in [6.07, 6.45) is 6.67. The molecule has 9 heteroatoms. The van der Waals surface area contributed by atoms with E-state index >= 15 is 0 Å². The van der Waals surface area contributed by atoms with Crippen molar-refractivity contribution in [3.63, 3.8) is 0 Å². The number of rotatable bonds is 10. The van der Waals surface area contributed by atoms with Crippen molar-refractivity contribution < 1.29 is 18.0 Å². The Morgan fingerprint density at radius 2 is 1.73 bits per heavy atom. The standard InChI is InChI=1S/C28H38ClN3O4S/c1-5-26(28(34)30-23-13-7-6-8-14-23)31(18-22-12-10-9-11-20(22)2)27(33)19-32(37(4,35)36)24-16-15-21(3)25(29)17-24/h9-12,15-17,23,26H,5-8,13-14,18-19H2,1-4H3,(H,30,34)/t26-/m1/s1. The van der Waals surface area contributed by atoms with Crippen LogP contribution < -0.4 is 9.62 Å². The summed E-state index contributed by atoms with van der Waals surface area (Å²) in [7, 11) is -3.81. The van der Waals surface area contributed by atoms with E-state index in [0.717, 1.165) is 52.9 Å². The zero-order valence-corrected chi connectivity index (χ0v) is 23.7. The zero-order valence-electron chi connectivity index (χ0n) is 22.2. The maximum Gasteiger partial charge on any atom is 0.244 e. The molecule has 1 fully saturated rings. The average molecular weight is 548 g/mol. The fourth-order valence-corrected chi connectivity index (χ4v) is 5.80. The number of hydrogen-bond acceptors (Lipinski definition) is 4. The molecule has 37 heavy (non-hydrogen) atoms. The summed E-state index contributed by atoms with van der Waals surface area (Å²) in [4.78, 5) is 28.8. The molecule has 0 unspecified atom stereocenters. The third kappa shape index (κ3) is 7.71. The van der Waals surface area contributed by atoms with Gasteiger partial charge in [-0.2, -0.15) is 0 Å². The van der Waals surface area contributed by atoms with Gasteiger partial charge < -0.3 is 10.2 Å². The molecule has 1 aliphatic carbocycles. The van der Waals surface area contributed by atoms with E-state index in [0.29, 0.717) is 17.1 Å². The minimum atomic E-state index is -3.81. The first-order valence-corrected chi connectivity index (χ1v) is 15.1. The molecule has 1 aliphatic rings. The van der Waals surface area contributed by atoms with Crippen molar-refractivity contribution in [3.8, 4) is 0 Å². The van der Waals surface area contributed by atoms with E-state index in [1.54, 1.807) is 18.2 Å². The molecule has 3 rings (SSSR count). The predicted octanol–water partition coefficient (Wildman–Crippen LogP) is 4.98. The molecule has 0 saturated heterocycles. The van der Waals surface area contributed by atoms with E-state index in [1.807, 2.05) is 45.0 Å².